The van der Waals surface area contributed by atoms with E-state index in [1.54, 1.807) is 54.6 Å². The van der Waals surface area contributed by atoms with Crippen LogP contribution in [0.4, 0.5) is 0 Å². The minimum atomic E-state index is -0.928. The molecule has 4 N–H and O–H groups in total. The normalized spacial score (nSPS) is 14.2. The summed E-state index contributed by atoms with van der Waals surface area (Å²) in [4.78, 5) is 0. The summed E-state index contributed by atoms with van der Waals surface area (Å²) < 4.78 is 0. The molecular weight excluding hydrogens is 268 g/mol. The van der Waals surface area contributed by atoms with Gasteiger partial charge in [-0.25, -0.2) is 0 Å². The Morgan fingerprint density at radius 2 is 1.38 bits per heavy atom. The zero-order valence-electron chi connectivity index (χ0n) is 11.4. The zero-order chi connectivity index (χ0) is 15.2. The molecule has 2 aromatic rings. The second-order valence-electron chi connectivity index (χ2n) is 4.82. The minimum Gasteiger partial charge on any atom is -0.508 e. The molecule has 0 amide bonds. The first-order valence-electron chi connectivity index (χ1n) is 6.65. The molecule has 0 bridgehead atoms. The van der Waals surface area contributed by atoms with E-state index >= 15 is 0 Å². The molecule has 0 aromatic heterocycles. The van der Waals surface area contributed by atoms with Crippen LogP contribution in [0.15, 0.2) is 54.6 Å². The summed E-state index contributed by atoms with van der Waals surface area (Å²) in [7, 11) is 0. The predicted octanol–water partition coefficient (Wildman–Crippen LogP) is 2.25. The van der Waals surface area contributed by atoms with Crippen molar-refractivity contribution in [2.45, 2.75) is 12.0 Å². The molecule has 0 saturated heterocycles. The van der Waals surface area contributed by atoms with Crippen molar-refractivity contribution >= 4 is 6.08 Å². The molecule has 0 aliphatic carbocycles. The van der Waals surface area contributed by atoms with Crippen molar-refractivity contribution in [3.05, 3.63) is 65.7 Å². The SMILES string of the molecule is OC[C@@H](O)[C@@H](C=Cc1ccc(O)cc1)c1ccc(O)cc1. The summed E-state index contributed by atoms with van der Waals surface area (Å²) >= 11 is 0. The van der Waals surface area contributed by atoms with Gasteiger partial charge in [0.05, 0.1) is 12.7 Å². The van der Waals surface area contributed by atoms with Crippen molar-refractivity contribution in [3.63, 3.8) is 0 Å². The van der Waals surface area contributed by atoms with E-state index in [9.17, 15) is 20.4 Å². The monoisotopic (exact) mass is 286 g/mol. The molecule has 0 heterocycles. The molecule has 0 saturated carbocycles. The number of phenols is 2. The summed E-state index contributed by atoms with van der Waals surface area (Å²) in [6.45, 7) is -0.356. The summed E-state index contributed by atoms with van der Waals surface area (Å²) in [5.41, 5.74) is 1.67. The van der Waals surface area contributed by atoms with E-state index in [4.69, 9.17) is 0 Å². The molecule has 2 atom stereocenters. The first kappa shape index (κ1) is 15.1. The van der Waals surface area contributed by atoms with Gasteiger partial charge in [0.1, 0.15) is 11.5 Å². The fourth-order valence-electron chi connectivity index (χ4n) is 2.07. The van der Waals surface area contributed by atoms with Crippen LogP contribution in [-0.2, 0) is 0 Å². The standard InChI is InChI=1S/C17H18O4/c18-11-17(21)16(13-4-8-15(20)9-5-13)10-3-12-1-6-14(19)7-2-12/h1-10,16-21H,11H2/t16-,17+/m0/s1. The molecule has 21 heavy (non-hydrogen) atoms. The van der Waals surface area contributed by atoms with E-state index in [0.29, 0.717) is 0 Å². The quantitative estimate of drug-likeness (QED) is 0.679. The highest BCUT2D eigenvalue weighted by Crippen LogP contribution is 2.25. The molecule has 4 nitrogen and oxygen atoms in total. The number of rotatable bonds is 5. The lowest BCUT2D eigenvalue weighted by atomic mass is 9.92. The molecule has 0 fully saturated rings. The topological polar surface area (TPSA) is 80.9 Å². The minimum absolute atomic E-state index is 0.151. The fraction of sp³-hybridized carbons (Fsp3) is 0.176. The summed E-state index contributed by atoms with van der Waals surface area (Å²) in [6, 6.07) is 13.2. The van der Waals surface area contributed by atoms with E-state index < -0.39 is 6.10 Å². The highest BCUT2D eigenvalue weighted by molar-refractivity contribution is 5.52. The zero-order valence-corrected chi connectivity index (χ0v) is 11.4. The van der Waals surface area contributed by atoms with Gasteiger partial charge in [-0.2, -0.15) is 0 Å². The van der Waals surface area contributed by atoms with Crippen LogP contribution >= 0.6 is 0 Å². The lowest BCUT2D eigenvalue weighted by Crippen LogP contribution is -2.20. The molecule has 0 aliphatic heterocycles. The van der Waals surface area contributed by atoms with Gasteiger partial charge in [-0.05, 0) is 35.4 Å². The number of hydrogen-bond acceptors (Lipinski definition) is 4. The van der Waals surface area contributed by atoms with Gasteiger partial charge in [0.25, 0.3) is 0 Å². The Balaban J connectivity index is 2.24. The lowest BCUT2D eigenvalue weighted by Gasteiger charge is -2.18. The third kappa shape index (κ3) is 4.08. The van der Waals surface area contributed by atoms with Crippen molar-refractivity contribution in [3.8, 4) is 11.5 Å². The fourth-order valence-corrected chi connectivity index (χ4v) is 2.07. The summed E-state index contributed by atoms with van der Waals surface area (Å²) in [5.74, 6) is -0.0412. The van der Waals surface area contributed by atoms with Gasteiger partial charge in [-0.1, -0.05) is 36.4 Å². The third-order valence-electron chi connectivity index (χ3n) is 3.27. The Morgan fingerprint density at radius 1 is 0.857 bits per heavy atom. The number of benzene rings is 2. The highest BCUT2D eigenvalue weighted by atomic mass is 16.3. The average molecular weight is 286 g/mol. The summed E-state index contributed by atoms with van der Waals surface area (Å²) in [5, 5.41) is 37.7. The smallest absolute Gasteiger partial charge is 0.115 e. The van der Waals surface area contributed by atoms with Crippen LogP contribution in [-0.4, -0.2) is 33.1 Å². The van der Waals surface area contributed by atoms with Gasteiger partial charge in [0.15, 0.2) is 0 Å². The Labute approximate surface area is 123 Å². The Bertz CT molecular complexity index is 587. The van der Waals surface area contributed by atoms with Crippen LogP contribution in [0.5, 0.6) is 11.5 Å². The Kier molecular flexibility index (Phi) is 4.98. The van der Waals surface area contributed by atoms with Crippen LogP contribution in [0.25, 0.3) is 6.08 Å². The van der Waals surface area contributed by atoms with Gasteiger partial charge in [-0.15, -0.1) is 0 Å². The molecule has 2 aromatic carbocycles. The maximum absolute atomic E-state index is 9.96. The van der Waals surface area contributed by atoms with Gasteiger partial charge in [-0.3, -0.25) is 0 Å². The number of aliphatic hydroxyl groups is 2. The van der Waals surface area contributed by atoms with Crippen molar-refractivity contribution in [2.24, 2.45) is 0 Å². The van der Waals surface area contributed by atoms with E-state index in [2.05, 4.69) is 0 Å². The second-order valence-corrected chi connectivity index (χ2v) is 4.82. The van der Waals surface area contributed by atoms with Gasteiger partial charge >= 0.3 is 0 Å². The molecule has 0 radical (unpaired) electrons. The second kappa shape index (κ2) is 6.92. The van der Waals surface area contributed by atoms with Gasteiger partial charge in [0, 0.05) is 5.92 Å². The maximum atomic E-state index is 9.96. The van der Waals surface area contributed by atoms with E-state index in [1.807, 2.05) is 6.08 Å². The van der Waals surface area contributed by atoms with Crippen LogP contribution in [0.3, 0.4) is 0 Å². The molecule has 0 spiro atoms. The van der Waals surface area contributed by atoms with Crippen molar-refractivity contribution in [1.82, 2.24) is 0 Å². The number of phenolic OH excluding ortho intramolecular Hbond substituents is 2. The first-order chi connectivity index (χ1) is 10.1. The van der Waals surface area contributed by atoms with E-state index in [-0.39, 0.29) is 24.0 Å². The highest BCUT2D eigenvalue weighted by Gasteiger charge is 2.17. The maximum Gasteiger partial charge on any atom is 0.115 e. The largest absolute Gasteiger partial charge is 0.508 e. The van der Waals surface area contributed by atoms with E-state index in [0.717, 1.165) is 11.1 Å². The Morgan fingerprint density at radius 3 is 1.90 bits per heavy atom. The van der Waals surface area contributed by atoms with Crippen molar-refractivity contribution < 1.29 is 20.4 Å². The summed E-state index contributed by atoms with van der Waals surface area (Å²) in [6.07, 6.45) is 2.68. The van der Waals surface area contributed by atoms with Crippen molar-refractivity contribution in [2.75, 3.05) is 6.61 Å². The van der Waals surface area contributed by atoms with Crippen LogP contribution in [0.2, 0.25) is 0 Å². The molecule has 0 aliphatic rings. The van der Waals surface area contributed by atoms with Gasteiger partial charge < -0.3 is 20.4 Å². The lowest BCUT2D eigenvalue weighted by molar-refractivity contribution is 0.0842. The number of aromatic hydroxyl groups is 2. The predicted molar refractivity (Wildman–Crippen MR) is 81.1 cm³/mol. The van der Waals surface area contributed by atoms with Crippen molar-refractivity contribution in [1.29, 1.82) is 0 Å². The first-order valence-corrected chi connectivity index (χ1v) is 6.65. The third-order valence-corrected chi connectivity index (χ3v) is 3.27. The van der Waals surface area contributed by atoms with Crippen LogP contribution in [0, 0.1) is 0 Å². The number of hydrogen-bond donors (Lipinski definition) is 4. The molecule has 4 heteroatoms. The molecular formula is C17H18O4. The number of aliphatic hydroxyl groups excluding tert-OH is 2. The molecule has 0 unspecified atom stereocenters. The van der Waals surface area contributed by atoms with Crippen LogP contribution in [0.1, 0.15) is 17.0 Å². The molecule has 2 rings (SSSR count). The average Bonchev–Trinajstić information content (AvgIpc) is 2.50. The van der Waals surface area contributed by atoms with Crippen LogP contribution < -0.4 is 0 Å². The van der Waals surface area contributed by atoms with Gasteiger partial charge in [0.2, 0.25) is 0 Å². The van der Waals surface area contributed by atoms with E-state index in [1.165, 1.54) is 0 Å². The Hall–Kier alpha value is -2.30. The molecule has 110 valence electrons.